The van der Waals surface area contributed by atoms with Crippen LogP contribution in [0.4, 0.5) is 0 Å². The van der Waals surface area contributed by atoms with Gasteiger partial charge in [-0.05, 0) is 47.1 Å². The Balaban J connectivity index is 2.96. The number of hydrogen-bond acceptors (Lipinski definition) is 2. The molecular formula is C15H20INO3. The Labute approximate surface area is 133 Å². The number of amides is 1. The minimum absolute atomic E-state index is 0.0269. The van der Waals surface area contributed by atoms with Crippen LogP contribution in [0.1, 0.15) is 36.2 Å². The van der Waals surface area contributed by atoms with E-state index >= 15 is 0 Å². The van der Waals surface area contributed by atoms with Crippen LogP contribution in [0.3, 0.4) is 0 Å². The summed E-state index contributed by atoms with van der Waals surface area (Å²) in [6.45, 7) is 6.81. The van der Waals surface area contributed by atoms with Crippen LogP contribution in [0.15, 0.2) is 18.2 Å². The molecule has 0 saturated heterocycles. The van der Waals surface area contributed by atoms with Crippen molar-refractivity contribution < 1.29 is 14.7 Å². The van der Waals surface area contributed by atoms with Crippen LogP contribution in [0.25, 0.3) is 0 Å². The molecule has 4 nitrogen and oxygen atoms in total. The summed E-state index contributed by atoms with van der Waals surface area (Å²) in [5.41, 5.74) is 1.70. The lowest BCUT2D eigenvalue weighted by molar-refractivity contribution is -0.137. The van der Waals surface area contributed by atoms with Gasteiger partial charge in [0.05, 0.1) is 12.0 Å². The fraction of sp³-hybridized carbons (Fsp3) is 0.467. The quantitative estimate of drug-likeness (QED) is 0.761. The zero-order valence-corrected chi connectivity index (χ0v) is 14.2. The maximum Gasteiger partial charge on any atom is 0.305 e. The van der Waals surface area contributed by atoms with Crippen LogP contribution < -0.4 is 0 Å². The molecule has 1 aromatic rings. The van der Waals surface area contributed by atoms with E-state index in [1.807, 2.05) is 32.9 Å². The predicted molar refractivity (Wildman–Crippen MR) is 86.9 cm³/mol. The average molecular weight is 389 g/mol. The fourth-order valence-electron chi connectivity index (χ4n) is 1.93. The van der Waals surface area contributed by atoms with Crippen molar-refractivity contribution in [1.29, 1.82) is 0 Å². The SMILES string of the molecule is Cc1cccc(C(=O)N(CCC(=O)O)CC(C)C)c1I. The molecule has 0 radical (unpaired) electrons. The van der Waals surface area contributed by atoms with Crippen LogP contribution in [0, 0.1) is 16.4 Å². The highest BCUT2D eigenvalue weighted by Gasteiger charge is 2.20. The minimum Gasteiger partial charge on any atom is -0.481 e. The van der Waals surface area contributed by atoms with E-state index in [2.05, 4.69) is 22.6 Å². The van der Waals surface area contributed by atoms with Crippen molar-refractivity contribution in [1.82, 2.24) is 4.90 Å². The molecule has 1 aromatic carbocycles. The van der Waals surface area contributed by atoms with Gasteiger partial charge < -0.3 is 10.0 Å². The third-order valence-corrected chi connectivity index (χ3v) is 4.32. The first-order valence-electron chi connectivity index (χ1n) is 6.59. The number of rotatable bonds is 6. The summed E-state index contributed by atoms with van der Waals surface area (Å²) in [6.07, 6.45) is -0.0269. The highest BCUT2D eigenvalue weighted by Crippen LogP contribution is 2.19. The van der Waals surface area contributed by atoms with Crippen LogP contribution in [-0.2, 0) is 4.79 Å². The molecule has 5 heteroatoms. The van der Waals surface area contributed by atoms with Gasteiger partial charge in [0.1, 0.15) is 0 Å². The lowest BCUT2D eigenvalue weighted by atomic mass is 10.1. The van der Waals surface area contributed by atoms with Crippen LogP contribution in [-0.4, -0.2) is 35.0 Å². The molecule has 0 aliphatic heterocycles. The molecule has 0 fully saturated rings. The van der Waals surface area contributed by atoms with Crippen molar-refractivity contribution >= 4 is 34.5 Å². The average Bonchev–Trinajstić information content (AvgIpc) is 2.36. The number of carboxylic acids is 1. The number of benzene rings is 1. The molecule has 0 aliphatic carbocycles. The van der Waals surface area contributed by atoms with Gasteiger partial charge in [0, 0.05) is 16.7 Å². The monoisotopic (exact) mass is 389 g/mol. The second-order valence-electron chi connectivity index (χ2n) is 5.23. The molecule has 110 valence electrons. The van der Waals surface area contributed by atoms with Crippen LogP contribution in [0.5, 0.6) is 0 Å². The molecule has 1 amide bonds. The zero-order chi connectivity index (χ0) is 15.3. The summed E-state index contributed by atoms with van der Waals surface area (Å²) in [7, 11) is 0. The van der Waals surface area contributed by atoms with Crippen molar-refractivity contribution in [3.63, 3.8) is 0 Å². The lowest BCUT2D eigenvalue weighted by Crippen LogP contribution is -2.36. The molecule has 0 aromatic heterocycles. The number of hydrogen-bond donors (Lipinski definition) is 1. The number of aliphatic carboxylic acids is 1. The second kappa shape index (κ2) is 7.61. The first-order chi connectivity index (χ1) is 9.32. The predicted octanol–water partition coefficient (Wildman–Crippen LogP) is 3.17. The number of carboxylic acid groups (broad SMARTS) is 1. The standard InChI is InChI=1S/C15H20INO3/c1-10(2)9-17(8-7-13(18)19)15(20)12-6-4-5-11(3)14(12)16/h4-6,10H,7-9H2,1-3H3,(H,18,19). The van der Waals surface area contributed by atoms with E-state index in [1.54, 1.807) is 11.0 Å². The molecule has 1 rings (SSSR count). The first-order valence-corrected chi connectivity index (χ1v) is 7.67. The molecule has 0 saturated carbocycles. The van der Waals surface area contributed by atoms with Gasteiger partial charge in [-0.25, -0.2) is 0 Å². The van der Waals surface area contributed by atoms with Crippen molar-refractivity contribution in [2.45, 2.75) is 27.2 Å². The van der Waals surface area contributed by atoms with Gasteiger partial charge in [-0.3, -0.25) is 9.59 Å². The molecular weight excluding hydrogens is 369 g/mol. The highest BCUT2D eigenvalue weighted by molar-refractivity contribution is 14.1. The van der Waals surface area contributed by atoms with Gasteiger partial charge in [0.15, 0.2) is 0 Å². The smallest absolute Gasteiger partial charge is 0.305 e. The second-order valence-corrected chi connectivity index (χ2v) is 6.30. The molecule has 1 N–H and O–H groups in total. The number of carbonyl (C=O) groups excluding carboxylic acids is 1. The summed E-state index contributed by atoms with van der Waals surface area (Å²) in [4.78, 5) is 25.0. The van der Waals surface area contributed by atoms with E-state index < -0.39 is 5.97 Å². The molecule has 0 aliphatic rings. The van der Waals surface area contributed by atoms with Gasteiger partial charge in [-0.2, -0.15) is 0 Å². The van der Waals surface area contributed by atoms with Gasteiger partial charge in [-0.1, -0.05) is 26.0 Å². The molecule has 0 heterocycles. The van der Waals surface area contributed by atoms with Crippen molar-refractivity contribution in [2.75, 3.05) is 13.1 Å². The Hall–Kier alpha value is -1.11. The number of carbonyl (C=O) groups is 2. The molecule has 0 unspecified atom stereocenters. The van der Waals surface area contributed by atoms with E-state index in [4.69, 9.17) is 5.11 Å². The maximum absolute atomic E-state index is 12.6. The number of aryl methyl sites for hydroxylation is 1. The topological polar surface area (TPSA) is 57.6 Å². The van der Waals surface area contributed by atoms with Gasteiger partial charge >= 0.3 is 5.97 Å². The van der Waals surface area contributed by atoms with Gasteiger partial charge in [0.2, 0.25) is 0 Å². The van der Waals surface area contributed by atoms with Crippen LogP contribution in [0.2, 0.25) is 0 Å². The molecule has 20 heavy (non-hydrogen) atoms. The normalized spacial score (nSPS) is 10.7. The van der Waals surface area contributed by atoms with Crippen molar-refractivity contribution in [2.24, 2.45) is 5.92 Å². The number of halogens is 1. The summed E-state index contributed by atoms with van der Waals surface area (Å²) >= 11 is 2.17. The van der Waals surface area contributed by atoms with E-state index in [9.17, 15) is 9.59 Å². The summed E-state index contributed by atoms with van der Waals surface area (Å²) in [6, 6.07) is 5.61. The molecule has 0 atom stereocenters. The first kappa shape index (κ1) is 16.9. The van der Waals surface area contributed by atoms with Crippen LogP contribution >= 0.6 is 22.6 Å². The minimum atomic E-state index is -0.884. The van der Waals surface area contributed by atoms with E-state index in [-0.39, 0.29) is 18.9 Å². The molecule has 0 bridgehead atoms. The Bertz CT molecular complexity index is 500. The third-order valence-electron chi connectivity index (χ3n) is 2.89. The Morgan fingerprint density at radius 3 is 2.55 bits per heavy atom. The Morgan fingerprint density at radius 2 is 2.00 bits per heavy atom. The molecule has 0 spiro atoms. The fourth-order valence-corrected chi connectivity index (χ4v) is 2.52. The van der Waals surface area contributed by atoms with Crippen molar-refractivity contribution in [3.05, 3.63) is 32.9 Å². The Morgan fingerprint density at radius 1 is 1.35 bits per heavy atom. The summed E-state index contributed by atoms with van der Waals surface area (Å²) in [5, 5.41) is 8.81. The summed E-state index contributed by atoms with van der Waals surface area (Å²) in [5.74, 6) is -0.672. The van der Waals surface area contributed by atoms with E-state index in [1.165, 1.54) is 0 Å². The number of nitrogens with zero attached hydrogens (tertiary/aromatic N) is 1. The lowest BCUT2D eigenvalue weighted by Gasteiger charge is -2.24. The van der Waals surface area contributed by atoms with Gasteiger partial charge in [-0.15, -0.1) is 0 Å². The largest absolute Gasteiger partial charge is 0.481 e. The maximum atomic E-state index is 12.6. The van der Waals surface area contributed by atoms with E-state index in [0.717, 1.165) is 9.13 Å². The zero-order valence-electron chi connectivity index (χ0n) is 12.0. The van der Waals surface area contributed by atoms with Gasteiger partial charge in [0.25, 0.3) is 5.91 Å². The van der Waals surface area contributed by atoms with E-state index in [0.29, 0.717) is 18.0 Å². The summed E-state index contributed by atoms with van der Waals surface area (Å²) < 4.78 is 0.930. The third kappa shape index (κ3) is 4.77. The van der Waals surface area contributed by atoms with Crippen molar-refractivity contribution in [3.8, 4) is 0 Å². The highest BCUT2D eigenvalue weighted by atomic mass is 127. The Kier molecular flexibility index (Phi) is 6.45.